The van der Waals surface area contributed by atoms with Crippen molar-refractivity contribution in [3.63, 3.8) is 0 Å². The normalized spacial score (nSPS) is 10.9. The number of hydrogen-bond acceptors (Lipinski definition) is 4. The minimum Gasteiger partial charge on any atom is -0.349 e. The van der Waals surface area contributed by atoms with E-state index in [4.69, 9.17) is 0 Å². The number of fused-ring (bicyclic) bond motifs is 1. The molecule has 1 aromatic carbocycles. The third-order valence-electron chi connectivity index (χ3n) is 3.89. The van der Waals surface area contributed by atoms with Crippen LogP contribution in [0, 0.1) is 0 Å². The monoisotopic (exact) mass is 342 g/mol. The predicted molar refractivity (Wildman–Crippen MR) is 95.0 cm³/mol. The predicted octanol–water partition coefficient (Wildman–Crippen LogP) is 1.77. The SMILES string of the molecule is CSc1ncc(CNC(=O)Cn2ccc(=O)c3ccccc32)n1C. The maximum absolute atomic E-state index is 12.3. The van der Waals surface area contributed by atoms with E-state index in [0.29, 0.717) is 11.9 Å². The highest BCUT2D eigenvalue weighted by Crippen LogP contribution is 2.13. The Morgan fingerprint density at radius 2 is 2.08 bits per heavy atom. The minimum absolute atomic E-state index is 0.0401. The second-order valence-corrected chi connectivity index (χ2v) is 6.17. The van der Waals surface area contributed by atoms with Crippen molar-refractivity contribution in [1.82, 2.24) is 19.4 Å². The Balaban J connectivity index is 1.72. The van der Waals surface area contributed by atoms with Crippen molar-refractivity contribution in [3.8, 4) is 0 Å². The van der Waals surface area contributed by atoms with Gasteiger partial charge in [-0.25, -0.2) is 4.98 Å². The van der Waals surface area contributed by atoms with Crippen molar-refractivity contribution in [2.75, 3.05) is 6.26 Å². The van der Waals surface area contributed by atoms with Gasteiger partial charge in [-0.05, 0) is 18.4 Å². The van der Waals surface area contributed by atoms with Crippen LogP contribution in [-0.4, -0.2) is 26.3 Å². The third kappa shape index (κ3) is 3.21. The van der Waals surface area contributed by atoms with Gasteiger partial charge in [0.2, 0.25) is 5.91 Å². The Hall–Kier alpha value is -2.54. The molecule has 1 amide bonds. The van der Waals surface area contributed by atoms with Crippen LogP contribution in [0.2, 0.25) is 0 Å². The Bertz CT molecular complexity index is 945. The summed E-state index contributed by atoms with van der Waals surface area (Å²) in [4.78, 5) is 28.4. The van der Waals surface area contributed by atoms with Gasteiger partial charge in [-0.15, -0.1) is 0 Å². The maximum atomic E-state index is 12.3. The molecule has 0 saturated carbocycles. The number of nitrogens with zero attached hydrogens (tertiary/aromatic N) is 3. The molecule has 0 bridgehead atoms. The van der Waals surface area contributed by atoms with Gasteiger partial charge in [-0.3, -0.25) is 9.59 Å². The number of hydrogen-bond donors (Lipinski definition) is 1. The summed E-state index contributed by atoms with van der Waals surface area (Å²) >= 11 is 1.56. The summed E-state index contributed by atoms with van der Waals surface area (Å²) in [5.74, 6) is -0.115. The number of rotatable bonds is 5. The molecule has 2 aromatic heterocycles. The lowest BCUT2D eigenvalue weighted by Crippen LogP contribution is -2.28. The summed E-state index contributed by atoms with van der Waals surface area (Å²) in [5, 5.41) is 4.42. The second kappa shape index (κ2) is 6.92. The van der Waals surface area contributed by atoms with E-state index < -0.39 is 0 Å². The van der Waals surface area contributed by atoms with Crippen LogP contribution >= 0.6 is 11.8 Å². The smallest absolute Gasteiger partial charge is 0.240 e. The third-order valence-corrected chi connectivity index (χ3v) is 4.63. The summed E-state index contributed by atoms with van der Waals surface area (Å²) in [5.41, 5.74) is 1.66. The van der Waals surface area contributed by atoms with Crippen molar-refractivity contribution < 1.29 is 4.79 Å². The molecule has 0 saturated heterocycles. The number of thioether (sulfide) groups is 1. The molecule has 1 N–H and O–H groups in total. The van der Waals surface area contributed by atoms with Crippen LogP contribution in [-0.2, 0) is 24.9 Å². The fraction of sp³-hybridized carbons (Fsp3) is 0.235. The number of pyridine rings is 1. The first kappa shape index (κ1) is 16.3. The minimum atomic E-state index is -0.115. The molecule has 124 valence electrons. The Morgan fingerprint density at radius 1 is 1.29 bits per heavy atom. The summed E-state index contributed by atoms with van der Waals surface area (Å²) in [7, 11) is 1.93. The highest BCUT2D eigenvalue weighted by atomic mass is 32.2. The van der Waals surface area contributed by atoms with Gasteiger partial charge >= 0.3 is 0 Å². The molecule has 24 heavy (non-hydrogen) atoms. The fourth-order valence-electron chi connectivity index (χ4n) is 2.58. The van der Waals surface area contributed by atoms with Crippen LogP contribution in [0.15, 0.2) is 52.7 Å². The lowest BCUT2D eigenvalue weighted by molar-refractivity contribution is -0.121. The van der Waals surface area contributed by atoms with Gasteiger partial charge in [0.25, 0.3) is 0 Å². The van der Waals surface area contributed by atoms with Crippen LogP contribution in [0.5, 0.6) is 0 Å². The molecule has 0 aliphatic carbocycles. The van der Waals surface area contributed by atoms with Gasteiger partial charge in [-0.1, -0.05) is 23.9 Å². The quantitative estimate of drug-likeness (QED) is 0.718. The molecule has 0 atom stereocenters. The van der Waals surface area contributed by atoms with E-state index in [0.717, 1.165) is 16.4 Å². The van der Waals surface area contributed by atoms with E-state index in [1.54, 1.807) is 34.8 Å². The number of benzene rings is 1. The topological polar surface area (TPSA) is 68.9 Å². The Labute approximate surface area is 143 Å². The summed E-state index contributed by atoms with van der Waals surface area (Å²) < 4.78 is 3.74. The Morgan fingerprint density at radius 3 is 2.83 bits per heavy atom. The van der Waals surface area contributed by atoms with E-state index in [1.165, 1.54) is 6.07 Å². The standard InChI is InChI=1S/C17H18N4O2S/c1-20-12(10-19-17(20)24-2)9-18-16(23)11-21-8-7-15(22)13-5-3-4-6-14(13)21/h3-8,10H,9,11H2,1-2H3,(H,18,23). The van der Waals surface area contributed by atoms with Crippen molar-refractivity contribution in [2.24, 2.45) is 7.05 Å². The zero-order valence-corrected chi connectivity index (χ0v) is 14.3. The Kier molecular flexibility index (Phi) is 4.71. The zero-order valence-electron chi connectivity index (χ0n) is 13.5. The summed E-state index contributed by atoms with van der Waals surface area (Å²) in [6.07, 6.45) is 5.38. The summed E-state index contributed by atoms with van der Waals surface area (Å²) in [6.45, 7) is 0.578. The van der Waals surface area contributed by atoms with Gasteiger partial charge in [0, 0.05) is 24.7 Å². The lowest BCUT2D eigenvalue weighted by atomic mass is 10.2. The molecule has 0 aliphatic rings. The number of imidazole rings is 1. The van der Waals surface area contributed by atoms with Crippen LogP contribution in [0.3, 0.4) is 0 Å². The van der Waals surface area contributed by atoms with Crippen molar-refractivity contribution in [2.45, 2.75) is 18.2 Å². The molecule has 6 nitrogen and oxygen atoms in total. The average molecular weight is 342 g/mol. The summed E-state index contributed by atoms with van der Waals surface area (Å²) in [6, 6.07) is 8.78. The van der Waals surface area contributed by atoms with E-state index in [1.807, 2.05) is 36.1 Å². The fourth-order valence-corrected chi connectivity index (χ4v) is 3.13. The van der Waals surface area contributed by atoms with Gasteiger partial charge in [0.05, 0.1) is 24.0 Å². The first-order valence-corrected chi connectivity index (χ1v) is 8.72. The maximum Gasteiger partial charge on any atom is 0.240 e. The van der Waals surface area contributed by atoms with Crippen molar-refractivity contribution in [3.05, 3.63) is 58.6 Å². The molecular weight excluding hydrogens is 324 g/mol. The zero-order chi connectivity index (χ0) is 17.1. The molecule has 0 aliphatic heterocycles. The van der Waals surface area contributed by atoms with Gasteiger partial charge in [0.15, 0.2) is 10.6 Å². The largest absolute Gasteiger partial charge is 0.349 e. The van der Waals surface area contributed by atoms with Crippen LogP contribution in [0.1, 0.15) is 5.69 Å². The van der Waals surface area contributed by atoms with E-state index in [-0.39, 0.29) is 17.9 Å². The molecule has 3 aromatic rings. The number of nitrogens with one attached hydrogen (secondary N) is 1. The number of carbonyl (C=O) groups excluding carboxylic acids is 1. The van der Waals surface area contributed by atoms with Crippen LogP contribution in [0.4, 0.5) is 0 Å². The molecule has 0 fully saturated rings. The van der Waals surface area contributed by atoms with E-state index in [2.05, 4.69) is 10.3 Å². The molecule has 0 unspecified atom stereocenters. The van der Waals surface area contributed by atoms with Crippen molar-refractivity contribution in [1.29, 1.82) is 0 Å². The molecular formula is C17H18N4O2S. The van der Waals surface area contributed by atoms with Crippen molar-refractivity contribution >= 4 is 28.6 Å². The van der Waals surface area contributed by atoms with Crippen LogP contribution in [0.25, 0.3) is 10.9 Å². The highest BCUT2D eigenvalue weighted by Gasteiger charge is 2.09. The van der Waals surface area contributed by atoms with Gasteiger partial charge in [-0.2, -0.15) is 0 Å². The van der Waals surface area contributed by atoms with Gasteiger partial charge < -0.3 is 14.5 Å². The second-order valence-electron chi connectivity index (χ2n) is 5.40. The molecule has 7 heteroatoms. The first-order chi connectivity index (χ1) is 11.6. The number of para-hydroxylation sites is 1. The van der Waals surface area contributed by atoms with E-state index >= 15 is 0 Å². The number of amides is 1. The van der Waals surface area contributed by atoms with E-state index in [9.17, 15) is 9.59 Å². The average Bonchev–Trinajstić information content (AvgIpc) is 2.96. The first-order valence-electron chi connectivity index (χ1n) is 7.49. The molecule has 2 heterocycles. The number of carbonyl (C=O) groups is 1. The lowest BCUT2D eigenvalue weighted by Gasteiger charge is -2.11. The molecule has 0 radical (unpaired) electrons. The molecule has 0 spiro atoms. The number of aromatic nitrogens is 3. The van der Waals surface area contributed by atoms with Gasteiger partial charge in [0.1, 0.15) is 6.54 Å². The molecule has 3 rings (SSSR count). The van der Waals surface area contributed by atoms with Crippen LogP contribution < -0.4 is 10.7 Å². The highest BCUT2D eigenvalue weighted by molar-refractivity contribution is 7.98.